The molecule has 1 fully saturated rings. The van der Waals surface area contributed by atoms with E-state index in [2.05, 4.69) is 36.5 Å². The number of rotatable bonds is 5. The zero-order chi connectivity index (χ0) is 21.1. The van der Waals surface area contributed by atoms with Gasteiger partial charge in [-0.05, 0) is 80.5 Å². The van der Waals surface area contributed by atoms with Gasteiger partial charge < -0.3 is 5.32 Å². The topological polar surface area (TPSA) is 46.2 Å². The van der Waals surface area contributed by atoms with E-state index in [9.17, 15) is 9.59 Å². The summed E-state index contributed by atoms with van der Waals surface area (Å²) in [4.78, 5) is 24.6. The van der Waals surface area contributed by atoms with Crippen molar-refractivity contribution in [3.05, 3.63) is 88.5 Å². The molecule has 1 amide bonds. The minimum absolute atomic E-state index is 0.0158. The molecule has 1 N–H and O–H groups in total. The second-order valence-electron chi connectivity index (χ2n) is 8.54. The Balaban J connectivity index is 1.54. The van der Waals surface area contributed by atoms with E-state index in [4.69, 9.17) is 0 Å². The van der Waals surface area contributed by atoms with Gasteiger partial charge in [0, 0.05) is 16.8 Å². The quantitative estimate of drug-likeness (QED) is 0.586. The first-order chi connectivity index (χ1) is 14.5. The Bertz CT molecular complexity index is 1020. The van der Waals surface area contributed by atoms with Crippen molar-refractivity contribution in [1.82, 2.24) is 0 Å². The van der Waals surface area contributed by atoms with Crippen LogP contribution in [0.15, 0.2) is 66.3 Å². The van der Waals surface area contributed by atoms with Crippen molar-refractivity contribution in [2.24, 2.45) is 0 Å². The van der Waals surface area contributed by atoms with E-state index < -0.39 is 0 Å². The highest BCUT2D eigenvalue weighted by Crippen LogP contribution is 2.43. The van der Waals surface area contributed by atoms with E-state index in [1.807, 2.05) is 36.4 Å². The van der Waals surface area contributed by atoms with Crippen LogP contribution in [0.5, 0.6) is 0 Å². The number of hydrogen-bond acceptors (Lipinski definition) is 2. The highest BCUT2D eigenvalue weighted by Gasteiger charge is 2.26. The molecule has 0 aliphatic heterocycles. The number of aryl methyl sites for hydroxylation is 1. The molecule has 0 unspecified atom stereocenters. The Hall–Kier alpha value is -2.94. The van der Waals surface area contributed by atoms with E-state index in [-0.39, 0.29) is 11.7 Å². The first kappa shape index (κ1) is 20.3. The molecule has 2 aliphatic rings. The lowest BCUT2D eigenvalue weighted by Crippen LogP contribution is -2.18. The maximum atomic E-state index is 12.7. The number of nitrogens with one attached hydrogen (secondary N) is 1. The van der Waals surface area contributed by atoms with Gasteiger partial charge in [0.15, 0.2) is 5.78 Å². The average Bonchev–Trinajstić information content (AvgIpc) is 3.29. The maximum Gasteiger partial charge on any atom is 0.251 e. The fourth-order valence-corrected chi connectivity index (χ4v) is 4.82. The Morgan fingerprint density at radius 2 is 1.63 bits per heavy atom. The largest absolute Gasteiger partial charge is 0.322 e. The third-order valence-electron chi connectivity index (χ3n) is 6.57. The van der Waals surface area contributed by atoms with Crippen molar-refractivity contribution >= 4 is 17.4 Å². The summed E-state index contributed by atoms with van der Waals surface area (Å²) in [5.74, 6) is 0.946. The second-order valence-corrected chi connectivity index (χ2v) is 8.54. The fraction of sp³-hybridized carbons (Fsp3) is 0.333. The monoisotopic (exact) mass is 399 g/mol. The van der Waals surface area contributed by atoms with Crippen molar-refractivity contribution in [3.63, 3.8) is 0 Å². The summed E-state index contributed by atoms with van der Waals surface area (Å²) in [6.45, 7) is 3.76. The molecule has 0 heterocycles. The summed E-state index contributed by atoms with van der Waals surface area (Å²) in [6, 6.07) is 14.5. The van der Waals surface area contributed by atoms with Crippen molar-refractivity contribution in [2.75, 3.05) is 5.32 Å². The molecule has 0 atom stereocenters. The first-order valence-electron chi connectivity index (χ1n) is 10.9. The number of allylic oxidation sites excluding steroid dienone is 3. The highest BCUT2D eigenvalue weighted by molar-refractivity contribution is 6.06. The summed E-state index contributed by atoms with van der Waals surface area (Å²) in [6.07, 6.45) is 10.9. The zero-order valence-corrected chi connectivity index (χ0v) is 17.8. The molecule has 0 bridgehead atoms. The lowest BCUT2D eigenvalue weighted by Gasteiger charge is -2.31. The summed E-state index contributed by atoms with van der Waals surface area (Å²) in [5.41, 5.74) is 6.19. The molecule has 0 radical (unpaired) electrons. The number of anilines is 1. The molecule has 2 aliphatic carbocycles. The Kier molecular flexibility index (Phi) is 5.98. The van der Waals surface area contributed by atoms with E-state index in [1.165, 1.54) is 11.1 Å². The summed E-state index contributed by atoms with van der Waals surface area (Å²) >= 11 is 0. The minimum atomic E-state index is -0.0736. The number of ketones is 1. The molecule has 30 heavy (non-hydrogen) atoms. The molecular weight excluding hydrogens is 370 g/mol. The van der Waals surface area contributed by atoms with Crippen LogP contribution in [0.2, 0.25) is 0 Å². The highest BCUT2D eigenvalue weighted by atomic mass is 16.1. The smallest absolute Gasteiger partial charge is 0.251 e. The van der Waals surface area contributed by atoms with Gasteiger partial charge in [-0.2, -0.15) is 0 Å². The lowest BCUT2D eigenvalue weighted by atomic mass is 9.75. The first-order valence-corrected chi connectivity index (χ1v) is 10.9. The van der Waals surface area contributed by atoms with Gasteiger partial charge in [-0.3, -0.25) is 9.59 Å². The molecule has 0 spiro atoms. The van der Waals surface area contributed by atoms with Crippen LogP contribution in [0.4, 0.5) is 5.69 Å². The Labute approximate surface area is 178 Å². The van der Waals surface area contributed by atoms with Gasteiger partial charge in [0.05, 0.1) is 0 Å². The lowest BCUT2D eigenvalue weighted by molar-refractivity contribution is -0.112. The van der Waals surface area contributed by atoms with Gasteiger partial charge in [-0.1, -0.05) is 54.6 Å². The van der Waals surface area contributed by atoms with Crippen LogP contribution in [0, 0.1) is 6.92 Å². The van der Waals surface area contributed by atoms with Gasteiger partial charge in [0.2, 0.25) is 0 Å². The van der Waals surface area contributed by atoms with Crippen LogP contribution >= 0.6 is 0 Å². The van der Waals surface area contributed by atoms with Crippen molar-refractivity contribution < 1.29 is 9.59 Å². The third-order valence-corrected chi connectivity index (χ3v) is 6.57. The maximum absolute atomic E-state index is 12.7. The Morgan fingerprint density at radius 3 is 2.27 bits per heavy atom. The van der Waals surface area contributed by atoms with Gasteiger partial charge in [-0.25, -0.2) is 0 Å². The molecule has 1 saturated carbocycles. The summed E-state index contributed by atoms with van der Waals surface area (Å²) in [5, 5.41) is 3.10. The van der Waals surface area contributed by atoms with E-state index in [0.717, 1.165) is 42.5 Å². The fourth-order valence-electron chi connectivity index (χ4n) is 4.82. The summed E-state index contributed by atoms with van der Waals surface area (Å²) in [7, 11) is 0. The van der Waals surface area contributed by atoms with Gasteiger partial charge >= 0.3 is 0 Å². The van der Waals surface area contributed by atoms with Crippen LogP contribution in [-0.2, 0) is 4.79 Å². The van der Waals surface area contributed by atoms with E-state index >= 15 is 0 Å². The average molecular weight is 400 g/mol. The van der Waals surface area contributed by atoms with Crippen LogP contribution in [-0.4, -0.2) is 11.7 Å². The third kappa shape index (κ3) is 4.30. The number of carbonyl (C=O) groups is 2. The number of benzene rings is 2. The van der Waals surface area contributed by atoms with Crippen molar-refractivity contribution in [1.29, 1.82) is 0 Å². The number of Topliss-reactive ketones (excluding diaryl/α,β-unsaturated/α-hetero) is 1. The number of carbonyl (C=O) groups excluding carboxylic acids is 2. The number of hydrogen-bond donors (Lipinski definition) is 1. The molecule has 3 heteroatoms. The standard InChI is InChI=1S/C27H29NO2/c1-18-7-3-6-10-24(18)20-11-13-21(14-12-20)25-16-15-23(19(2)29)17-26(25)28-27(30)22-8-4-5-9-22/h3-8,10,15-17,20-21H,9,11-14H2,1-2H3,(H,28,30). The number of amides is 1. The predicted octanol–water partition coefficient (Wildman–Crippen LogP) is 6.46. The van der Waals surface area contributed by atoms with Crippen LogP contribution < -0.4 is 5.32 Å². The molecular formula is C27H29NO2. The van der Waals surface area contributed by atoms with E-state index in [1.54, 1.807) is 6.92 Å². The van der Waals surface area contributed by atoms with Gasteiger partial charge in [0.1, 0.15) is 0 Å². The molecule has 2 aromatic carbocycles. The van der Waals surface area contributed by atoms with Crippen LogP contribution in [0.25, 0.3) is 0 Å². The zero-order valence-electron chi connectivity index (χ0n) is 17.8. The predicted molar refractivity (Wildman–Crippen MR) is 122 cm³/mol. The molecule has 2 aromatic rings. The molecule has 3 nitrogen and oxygen atoms in total. The van der Waals surface area contributed by atoms with E-state index in [0.29, 0.717) is 23.8 Å². The SMILES string of the molecule is CC(=O)c1ccc(C2CCC(c3ccccc3C)CC2)c(NC(=O)C2=CC=CC2)c1. The Morgan fingerprint density at radius 1 is 0.933 bits per heavy atom. The normalized spacial score (nSPS) is 20.7. The molecule has 0 saturated heterocycles. The summed E-state index contributed by atoms with van der Waals surface area (Å²) < 4.78 is 0. The van der Waals surface area contributed by atoms with Crippen molar-refractivity contribution in [2.45, 2.75) is 57.8 Å². The molecule has 0 aromatic heterocycles. The van der Waals surface area contributed by atoms with Gasteiger partial charge in [0.25, 0.3) is 5.91 Å². The second kappa shape index (κ2) is 8.83. The molecule has 154 valence electrons. The van der Waals surface area contributed by atoms with Crippen molar-refractivity contribution in [3.8, 4) is 0 Å². The minimum Gasteiger partial charge on any atom is -0.322 e. The van der Waals surface area contributed by atoms with Crippen LogP contribution in [0.3, 0.4) is 0 Å². The van der Waals surface area contributed by atoms with Crippen LogP contribution in [0.1, 0.15) is 77.9 Å². The van der Waals surface area contributed by atoms with Gasteiger partial charge in [-0.15, -0.1) is 0 Å². The molecule has 4 rings (SSSR count).